The normalized spacial score (nSPS) is 14.4. The smallest absolute Gasteiger partial charge is 0.357 e. The van der Waals surface area contributed by atoms with Crippen LogP contribution in [0.5, 0.6) is 0 Å². The Labute approximate surface area is 119 Å². The highest BCUT2D eigenvalue weighted by Crippen LogP contribution is 2.39. The van der Waals surface area contributed by atoms with Gasteiger partial charge in [-0.3, -0.25) is 0 Å². The fourth-order valence-electron chi connectivity index (χ4n) is 1.87. The number of methoxy groups -OCH3 is 1. The summed E-state index contributed by atoms with van der Waals surface area (Å²) in [4.78, 5) is 20.6. The van der Waals surface area contributed by atoms with Crippen LogP contribution in [-0.4, -0.2) is 23.0 Å². The van der Waals surface area contributed by atoms with E-state index in [1.807, 2.05) is 11.4 Å². The van der Waals surface area contributed by atoms with Crippen LogP contribution in [0.4, 0.5) is 0 Å². The van der Waals surface area contributed by atoms with E-state index in [1.54, 1.807) is 6.20 Å². The highest BCUT2D eigenvalue weighted by molar-refractivity contribution is 7.15. The Bertz CT molecular complexity index is 637. The van der Waals surface area contributed by atoms with E-state index in [4.69, 9.17) is 16.3 Å². The van der Waals surface area contributed by atoms with Gasteiger partial charge in [0.15, 0.2) is 5.69 Å². The van der Waals surface area contributed by atoms with E-state index in [9.17, 15) is 4.79 Å². The number of thiophene rings is 1. The van der Waals surface area contributed by atoms with Gasteiger partial charge in [-0.25, -0.2) is 14.8 Å². The lowest BCUT2D eigenvalue weighted by molar-refractivity contribution is 0.0594. The number of carbonyl (C=O) groups excluding carboxylic acids is 1. The van der Waals surface area contributed by atoms with Gasteiger partial charge in [-0.1, -0.05) is 11.6 Å². The van der Waals surface area contributed by atoms with Crippen molar-refractivity contribution >= 4 is 28.9 Å². The van der Waals surface area contributed by atoms with Crippen molar-refractivity contribution in [3.8, 4) is 11.1 Å². The second kappa shape index (κ2) is 4.90. The molecule has 2 heterocycles. The third-order valence-electron chi connectivity index (χ3n) is 3.04. The molecule has 0 radical (unpaired) electrons. The number of ether oxygens (including phenoxy) is 1. The van der Waals surface area contributed by atoms with E-state index >= 15 is 0 Å². The summed E-state index contributed by atoms with van der Waals surface area (Å²) in [6, 6.07) is 1.86. The molecule has 0 spiro atoms. The number of hydrogen-bond donors (Lipinski definition) is 0. The van der Waals surface area contributed by atoms with Gasteiger partial charge in [0.05, 0.1) is 7.11 Å². The Morgan fingerprint density at radius 2 is 2.26 bits per heavy atom. The molecule has 0 unspecified atom stereocenters. The van der Waals surface area contributed by atoms with Crippen LogP contribution in [-0.2, 0) is 4.74 Å². The standard InChI is InChI=1S/C13H11ClN2O2S/c1-18-13(17)10-9(8-4-5-19-11(8)14)6-15-12(16-10)7-2-3-7/h4-7H,2-3H2,1H3. The van der Waals surface area contributed by atoms with E-state index in [0.29, 0.717) is 21.5 Å². The van der Waals surface area contributed by atoms with Crippen molar-refractivity contribution in [1.82, 2.24) is 9.97 Å². The molecule has 98 valence electrons. The molecule has 6 heteroatoms. The quantitative estimate of drug-likeness (QED) is 0.813. The molecule has 1 aliphatic carbocycles. The minimum Gasteiger partial charge on any atom is -0.464 e. The lowest BCUT2D eigenvalue weighted by atomic mass is 10.1. The lowest BCUT2D eigenvalue weighted by Crippen LogP contribution is -2.09. The zero-order valence-corrected chi connectivity index (χ0v) is 11.8. The summed E-state index contributed by atoms with van der Waals surface area (Å²) in [7, 11) is 1.35. The van der Waals surface area contributed by atoms with E-state index in [0.717, 1.165) is 24.2 Å². The van der Waals surface area contributed by atoms with E-state index < -0.39 is 5.97 Å². The largest absolute Gasteiger partial charge is 0.464 e. The molecule has 0 aliphatic heterocycles. The fourth-order valence-corrected chi connectivity index (χ4v) is 2.82. The molecule has 19 heavy (non-hydrogen) atoms. The van der Waals surface area contributed by atoms with Crippen molar-refractivity contribution < 1.29 is 9.53 Å². The molecule has 0 saturated heterocycles. The summed E-state index contributed by atoms with van der Waals surface area (Å²) >= 11 is 7.53. The number of aromatic nitrogens is 2. The van der Waals surface area contributed by atoms with Crippen molar-refractivity contribution in [2.75, 3.05) is 7.11 Å². The molecule has 2 aromatic heterocycles. The summed E-state index contributed by atoms with van der Waals surface area (Å²) in [5.74, 6) is 0.646. The molecular formula is C13H11ClN2O2S. The molecule has 2 aromatic rings. The van der Waals surface area contributed by atoms with Gasteiger partial charge < -0.3 is 4.74 Å². The zero-order valence-electron chi connectivity index (χ0n) is 10.2. The highest BCUT2D eigenvalue weighted by Gasteiger charge is 2.29. The molecule has 0 amide bonds. The summed E-state index contributed by atoms with van der Waals surface area (Å²) in [6.07, 6.45) is 3.83. The van der Waals surface area contributed by atoms with Crippen LogP contribution < -0.4 is 0 Å². The van der Waals surface area contributed by atoms with Gasteiger partial charge in [0.25, 0.3) is 0 Å². The first-order chi connectivity index (χ1) is 9.20. The first-order valence-corrected chi connectivity index (χ1v) is 7.15. The number of halogens is 1. The summed E-state index contributed by atoms with van der Waals surface area (Å²) in [5, 5.41) is 1.87. The van der Waals surface area contributed by atoms with Crippen LogP contribution >= 0.6 is 22.9 Å². The van der Waals surface area contributed by atoms with Crippen molar-refractivity contribution in [3.05, 3.63) is 33.5 Å². The minimum absolute atomic E-state index is 0.291. The Hall–Kier alpha value is -1.46. The second-order valence-electron chi connectivity index (χ2n) is 4.36. The topological polar surface area (TPSA) is 52.1 Å². The van der Waals surface area contributed by atoms with Gasteiger partial charge in [-0.2, -0.15) is 0 Å². The van der Waals surface area contributed by atoms with E-state index in [-0.39, 0.29) is 0 Å². The number of carbonyl (C=O) groups is 1. The van der Waals surface area contributed by atoms with Gasteiger partial charge in [0, 0.05) is 23.2 Å². The van der Waals surface area contributed by atoms with Crippen molar-refractivity contribution in [2.24, 2.45) is 0 Å². The van der Waals surface area contributed by atoms with Crippen LogP contribution in [0.15, 0.2) is 17.6 Å². The van der Waals surface area contributed by atoms with Crippen LogP contribution in [0.3, 0.4) is 0 Å². The first-order valence-electron chi connectivity index (χ1n) is 5.89. The summed E-state index contributed by atoms with van der Waals surface area (Å²) < 4.78 is 5.42. The predicted octanol–water partition coefficient (Wildman–Crippen LogP) is 3.52. The Kier molecular flexibility index (Phi) is 3.24. The van der Waals surface area contributed by atoms with Gasteiger partial charge in [0.1, 0.15) is 10.2 Å². The molecule has 3 rings (SSSR count). The van der Waals surface area contributed by atoms with Gasteiger partial charge >= 0.3 is 5.97 Å². The first kappa shape index (κ1) is 12.6. The predicted molar refractivity (Wildman–Crippen MR) is 73.7 cm³/mol. The fraction of sp³-hybridized carbons (Fsp3) is 0.308. The van der Waals surface area contributed by atoms with Crippen molar-refractivity contribution in [2.45, 2.75) is 18.8 Å². The molecule has 1 fully saturated rings. The van der Waals surface area contributed by atoms with Gasteiger partial charge in [-0.15, -0.1) is 11.3 Å². The minimum atomic E-state index is -0.457. The Balaban J connectivity index is 2.12. The summed E-state index contributed by atoms with van der Waals surface area (Å²) in [5.41, 5.74) is 1.69. The molecule has 1 aliphatic rings. The van der Waals surface area contributed by atoms with Crippen LogP contribution in [0.25, 0.3) is 11.1 Å². The lowest BCUT2D eigenvalue weighted by Gasteiger charge is -2.07. The number of nitrogens with zero attached hydrogens (tertiary/aromatic N) is 2. The third-order valence-corrected chi connectivity index (χ3v) is 4.21. The number of hydrogen-bond acceptors (Lipinski definition) is 5. The van der Waals surface area contributed by atoms with Gasteiger partial charge in [-0.05, 0) is 24.3 Å². The molecular weight excluding hydrogens is 284 g/mol. The zero-order chi connectivity index (χ0) is 13.4. The second-order valence-corrected chi connectivity index (χ2v) is 5.88. The molecule has 4 nitrogen and oxygen atoms in total. The van der Waals surface area contributed by atoms with Crippen molar-refractivity contribution in [3.63, 3.8) is 0 Å². The Morgan fingerprint density at radius 1 is 1.47 bits per heavy atom. The molecule has 0 atom stereocenters. The van der Waals surface area contributed by atoms with Crippen LogP contribution in [0.1, 0.15) is 35.1 Å². The van der Waals surface area contributed by atoms with Gasteiger partial charge in [0.2, 0.25) is 0 Å². The molecule has 1 saturated carbocycles. The molecule has 0 N–H and O–H groups in total. The maximum Gasteiger partial charge on any atom is 0.357 e. The van der Waals surface area contributed by atoms with Crippen LogP contribution in [0.2, 0.25) is 4.34 Å². The maximum atomic E-state index is 11.9. The molecule has 0 bridgehead atoms. The molecule has 0 aromatic carbocycles. The SMILES string of the molecule is COC(=O)c1nc(C2CC2)ncc1-c1ccsc1Cl. The summed E-state index contributed by atoms with van der Waals surface area (Å²) in [6.45, 7) is 0. The highest BCUT2D eigenvalue weighted by atomic mass is 35.5. The van der Waals surface area contributed by atoms with Crippen molar-refractivity contribution in [1.29, 1.82) is 0 Å². The number of rotatable bonds is 3. The van der Waals surface area contributed by atoms with E-state index in [1.165, 1.54) is 18.4 Å². The van der Waals surface area contributed by atoms with Crippen LogP contribution in [0, 0.1) is 0 Å². The monoisotopic (exact) mass is 294 g/mol. The van der Waals surface area contributed by atoms with E-state index in [2.05, 4.69) is 9.97 Å². The number of esters is 1. The average molecular weight is 295 g/mol. The third kappa shape index (κ3) is 2.35. The average Bonchev–Trinajstić information content (AvgIpc) is 3.20. The maximum absolute atomic E-state index is 11.9. The Morgan fingerprint density at radius 3 is 2.84 bits per heavy atom.